The van der Waals surface area contributed by atoms with Crippen molar-refractivity contribution < 1.29 is 23.1 Å². The van der Waals surface area contributed by atoms with Crippen molar-refractivity contribution in [1.29, 1.82) is 0 Å². The predicted octanol–water partition coefficient (Wildman–Crippen LogP) is 2.09. The van der Waals surface area contributed by atoms with E-state index in [-0.39, 0.29) is 11.4 Å². The van der Waals surface area contributed by atoms with Crippen LogP contribution in [0.25, 0.3) is 0 Å². The average Bonchev–Trinajstić information content (AvgIpc) is 2.53. The second-order valence-electron chi connectivity index (χ2n) is 7.44. The molecule has 2 rings (SSSR count). The Bertz CT molecular complexity index is 786. The third kappa shape index (κ3) is 5.43. The number of carbonyl (C=O) groups is 2. The molecule has 0 bridgehead atoms. The van der Waals surface area contributed by atoms with Gasteiger partial charge in [0.25, 0.3) is 0 Å². The standard InChI is InChI=1S/C17H25N3O5S/c1-17(2,3)19-26(24,25)14-8-4-7-13(10-14)18-16(23)20-9-5-6-12(11-20)15(21)22/h4,7-8,10,12,19H,5-6,9,11H2,1-3H3,(H,18,23)(H,21,22). The summed E-state index contributed by atoms with van der Waals surface area (Å²) in [6.07, 6.45) is 1.17. The van der Waals surface area contributed by atoms with Gasteiger partial charge in [0.05, 0.1) is 10.8 Å². The molecule has 1 unspecified atom stereocenters. The summed E-state index contributed by atoms with van der Waals surface area (Å²) < 4.78 is 27.4. The Balaban J connectivity index is 2.11. The van der Waals surface area contributed by atoms with Crippen molar-refractivity contribution in [1.82, 2.24) is 9.62 Å². The van der Waals surface area contributed by atoms with Gasteiger partial charge in [-0.2, -0.15) is 0 Å². The number of urea groups is 1. The summed E-state index contributed by atoms with van der Waals surface area (Å²) in [6.45, 7) is 5.84. The Kier molecular flexibility index (Phi) is 5.92. The Hall–Kier alpha value is -2.13. The number of carbonyl (C=O) groups excluding carboxylic acids is 1. The lowest BCUT2D eigenvalue weighted by molar-refractivity contribution is -0.143. The molecule has 1 heterocycles. The van der Waals surface area contributed by atoms with E-state index in [2.05, 4.69) is 10.0 Å². The summed E-state index contributed by atoms with van der Waals surface area (Å²) in [4.78, 5) is 25.0. The molecule has 1 aliphatic rings. The highest BCUT2D eigenvalue weighted by molar-refractivity contribution is 7.89. The van der Waals surface area contributed by atoms with Crippen LogP contribution in [0.3, 0.4) is 0 Å². The van der Waals surface area contributed by atoms with Crippen LogP contribution in [0, 0.1) is 5.92 Å². The van der Waals surface area contributed by atoms with Gasteiger partial charge < -0.3 is 15.3 Å². The van der Waals surface area contributed by atoms with Crippen LogP contribution >= 0.6 is 0 Å². The highest BCUT2D eigenvalue weighted by atomic mass is 32.2. The first kappa shape index (κ1) is 20.2. The van der Waals surface area contributed by atoms with Gasteiger partial charge >= 0.3 is 12.0 Å². The lowest BCUT2D eigenvalue weighted by Gasteiger charge is -2.30. The van der Waals surface area contributed by atoms with Crippen molar-refractivity contribution in [2.24, 2.45) is 5.92 Å². The third-order valence-corrected chi connectivity index (χ3v) is 5.65. The zero-order valence-corrected chi connectivity index (χ0v) is 16.0. The molecule has 1 aliphatic heterocycles. The minimum absolute atomic E-state index is 0.0484. The van der Waals surface area contributed by atoms with E-state index in [1.807, 2.05) is 0 Å². The van der Waals surface area contributed by atoms with E-state index in [1.54, 1.807) is 32.9 Å². The van der Waals surface area contributed by atoms with Crippen LogP contribution in [0.1, 0.15) is 33.6 Å². The summed E-state index contributed by atoms with van der Waals surface area (Å²) in [7, 11) is -3.71. The van der Waals surface area contributed by atoms with Gasteiger partial charge in [0, 0.05) is 24.3 Å². The molecule has 0 spiro atoms. The van der Waals surface area contributed by atoms with Gasteiger partial charge in [0.1, 0.15) is 0 Å². The van der Waals surface area contributed by atoms with Crippen LogP contribution < -0.4 is 10.0 Å². The normalized spacial score (nSPS) is 18.4. The second-order valence-corrected chi connectivity index (χ2v) is 9.12. The maximum atomic E-state index is 12.4. The number of carboxylic acid groups (broad SMARTS) is 1. The molecule has 1 aromatic carbocycles. The van der Waals surface area contributed by atoms with Gasteiger partial charge in [0.2, 0.25) is 10.0 Å². The highest BCUT2D eigenvalue weighted by Gasteiger charge is 2.28. The number of carboxylic acids is 1. The fraction of sp³-hybridized carbons (Fsp3) is 0.529. The van der Waals surface area contributed by atoms with Crippen LogP contribution in [0.2, 0.25) is 0 Å². The van der Waals surface area contributed by atoms with Crippen LogP contribution in [-0.4, -0.2) is 49.1 Å². The molecule has 1 atom stereocenters. The molecular weight excluding hydrogens is 358 g/mol. The van der Waals surface area contributed by atoms with Crippen molar-refractivity contribution in [3.8, 4) is 0 Å². The van der Waals surface area contributed by atoms with Gasteiger partial charge in [-0.1, -0.05) is 6.07 Å². The first-order valence-electron chi connectivity index (χ1n) is 8.41. The lowest BCUT2D eigenvalue weighted by Crippen LogP contribution is -2.44. The molecule has 0 saturated carbocycles. The topological polar surface area (TPSA) is 116 Å². The first-order valence-corrected chi connectivity index (χ1v) is 9.89. The Morgan fingerprint density at radius 1 is 1.27 bits per heavy atom. The van der Waals surface area contributed by atoms with Gasteiger partial charge in [-0.3, -0.25) is 4.79 Å². The second kappa shape index (κ2) is 7.63. The SMILES string of the molecule is CC(C)(C)NS(=O)(=O)c1cccc(NC(=O)N2CCCC(C(=O)O)C2)c1. The van der Waals surface area contributed by atoms with Crippen LogP contribution in [0.4, 0.5) is 10.5 Å². The largest absolute Gasteiger partial charge is 0.481 e. The number of benzene rings is 1. The summed E-state index contributed by atoms with van der Waals surface area (Å²) >= 11 is 0. The van der Waals surface area contributed by atoms with Crippen molar-refractivity contribution in [2.75, 3.05) is 18.4 Å². The van der Waals surface area contributed by atoms with Crippen molar-refractivity contribution in [3.63, 3.8) is 0 Å². The fourth-order valence-corrected chi connectivity index (χ4v) is 4.23. The smallest absolute Gasteiger partial charge is 0.321 e. The number of nitrogens with zero attached hydrogens (tertiary/aromatic N) is 1. The Morgan fingerprint density at radius 3 is 2.58 bits per heavy atom. The molecule has 0 aliphatic carbocycles. The minimum atomic E-state index is -3.71. The summed E-state index contributed by atoms with van der Waals surface area (Å²) in [5.74, 6) is -1.49. The number of anilines is 1. The molecule has 3 N–H and O–H groups in total. The third-order valence-electron chi connectivity index (χ3n) is 3.89. The van der Waals surface area contributed by atoms with E-state index in [9.17, 15) is 18.0 Å². The van der Waals surface area contributed by atoms with Gasteiger partial charge in [-0.15, -0.1) is 0 Å². The molecule has 0 aromatic heterocycles. The van der Waals surface area contributed by atoms with E-state index < -0.39 is 33.5 Å². The monoisotopic (exact) mass is 383 g/mol. The van der Waals surface area contributed by atoms with Crippen molar-refractivity contribution >= 4 is 27.7 Å². The molecule has 8 nitrogen and oxygen atoms in total. The molecule has 1 fully saturated rings. The fourth-order valence-electron chi connectivity index (χ4n) is 2.77. The molecule has 0 radical (unpaired) electrons. The number of hydrogen-bond donors (Lipinski definition) is 3. The summed E-state index contributed by atoms with van der Waals surface area (Å²) in [5, 5.41) is 11.8. The molecule has 26 heavy (non-hydrogen) atoms. The zero-order valence-electron chi connectivity index (χ0n) is 15.2. The van der Waals surface area contributed by atoms with Gasteiger partial charge in [-0.05, 0) is 51.8 Å². The van der Waals surface area contributed by atoms with E-state index in [0.717, 1.165) is 0 Å². The van der Waals surface area contributed by atoms with E-state index in [4.69, 9.17) is 5.11 Å². The number of amides is 2. The number of nitrogens with one attached hydrogen (secondary N) is 2. The molecule has 144 valence electrons. The number of likely N-dealkylation sites (tertiary alicyclic amines) is 1. The Labute approximate surface area is 153 Å². The van der Waals surface area contributed by atoms with E-state index >= 15 is 0 Å². The minimum Gasteiger partial charge on any atom is -0.481 e. The maximum absolute atomic E-state index is 12.4. The molecular formula is C17H25N3O5S. The van der Waals surface area contributed by atoms with Crippen molar-refractivity contribution in [2.45, 2.75) is 44.0 Å². The number of aliphatic carboxylic acids is 1. The van der Waals surface area contributed by atoms with Crippen molar-refractivity contribution in [3.05, 3.63) is 24.3 Å². The van der Waals surface area contributed by atoms with E-state index in [0.29, 0.717) is 25.1 Å². The lowest BCUT2D eigenvalue weighted by atomic mass is 9.99. The first-order chi connectivity index (χ1) is 12.0. The Morgan fingerprint density at radius 2 is 1.96 bits per heavy atom. The molecule has 9 heteroatoms. The number of hydrogen-bond acceptors (Lipinski definition) is 4. The summed E-state index contributed by atoms with van der Waals surface area (Å²) in [5.41, 5.74) is -0.290. The van der Waals surface area contributed by atoms with Crippen LogP contribution in [-0.2, 0) is 14.8 Å². The molecule has 1 saturated heterocycles. The van der Waals surface area contributed by atoms with Crippen LogP contribution in [0.15, 0.2) is 29.2 Å². The highest BCUT2D eigenvalue weighted by Crippen LogP contribution is 2.20. The summed E-state index contributed by atoms with van der Waals surface area (Å²) in [6, 6.07) is 5.53. The maximum Gasteiger partial charge on any atom is 0.321 e. The quantitative estimate of drug-likeness (QED) is 0.736. The number of piperidine rings is 1. The molecule has 1 aromatic rings. The number of sulfonamides is 1. The number of rotatable bonds is 4. The molecule has 2 amide bonds. The van der Waals surface area contributed by atoms with Gasteiger partial charge in [0.15, 0.2) is 0 Å². The van der Waals surface area contributed by atoms with Crippen LogP contribution in [0.5, 0.6) is 0 Å². The predicted molar refractivity (Wildman–Crippen MR) is 97.5 cm³/mol. The van der Waals surface area contributed by atoms with Gasteiger partial charge in [-0.25, -0.2) is 17.9 Å². The average molecular weight is 383 g/mol. The zero-order chi connectivity index (χ0) is 19.5. The van der Waals surface area contributed by atoms with E-state index in [1.165, 1.54) is 17.0 Å².